The number of anilines is 1. The first-order chi connectivity index (χ1) is 17.9. The minimum absolute atomic E-state index is 0.150. The van der Waals surface area contributed by atoms with Crippen molar-refractivity contribution in [3.63, 3.8) is 0 Å². The number of hydrogen-bond acceptors (Lipinski definition) is 5. The third kappa shape index (κ3) is 4.11. The number of imide groups is 1. The Kier molecular flexibility index (Phi) is 6.03. The van der Waals surface area contributed by atoms with Crippen LogP contribution < -0.4 is 4.90 Å². The van der Waals surface area contributed by atoms with E-state index in [1.54, 1.807) is 42.5 Å². The number of carbonyl (C=O) groups is 4. The van der Waals surface area contributed by atoms with Gasteiger partial charge in [-0.15, -0.1) is 0 Å². The maximum atomic E-state index is 13.6. The van der Waals surface area contributed by atoms with Crippen molar-refractivity contribution in [1.29, 1.82) is 0 Å². The van der Waals surface area contributed by atoms with Crippen molar-refractivity contribution in [2.24, 2.45) is 23.7 Å². The van der Waals surface area contributed by atoms with Crippen molar-refractivity contribution < 1.29 is 23.9 Å². The van der Waals surface area contributed by atoms with Gasteiger partial charge >= 0.3 is 5.97 Å². The third-order valence-electron chi connectivity index (χ3n) is 8.08. The quantitative estimate of drug-likeness (QED) is 0.230. The zero-order valence-corrected chi connectivity index (χ0v) is 21.5. The number of halogens is 1. The molecule has 0 N–H and O–H groups in total. The number of fused-ring (bicyclic) bond motifs is 5. The van der Waals surface area contributed by atoms with Gasteiger partial charge in [-0.25, -0.2) is 4.79 Å². The number of hydrogen-bond donors (Lipinski definition) is 0. The summed E-state index contributed by atoms with van der Waals surface area (Å²) in [4.78, 5) is 53.4. The van der Waals surface area contributed by atoms with Crippen LogP contribution in [-0.4, -0.2) is 30.2 Å². The van der Waals surface area contributed by atoms with E-state index in [1.165, 1.54) is 16.5 Å². The number of nitrogens with zero attached hydrogens (tertiary/aromatic N) is 1. The highest BCUT2D eigenvalue weighted by atomic mass is 79.9. The molecule has 6 nitrogen and oxygen atoms in total. The van der Waals surface area contributed by atoms with Crippen LogP contribution in [0.15, 0.2) is 83.3 Å². The van der Waals surface area contributed by atoms with Gasteiger partial charge in [-0.3, -0.25) is 19.3 Å². The average Bonchev–Trinajstić information content (AvgIpc) is 3.59. The fraction of sp³-hybridized carbons (Fsp3) is 0.267. The second-order valence-electron chi connectivity index (χ2n) is 10.0. The van der Waals surface area contributed by atoms with Crippen LogP contribution in [0.3, 0.4) is 0 Å². The highest BCUT2D eigenvalue weighted by Crippen LogP contribution is 2.61. The van der Waals surface area contributed by atoms with Gasteiger partial charge in [0.1, 0.15) is 0 Å². The molecule has 3 aromatic carbocycles. The van der Waals surface area contributed by atoms with E-state index < -0.39 is 12.6 Å². The Morgan fingerprint density at radius 2 is 1.57 bits per heavy atom. The molecule has 0 spiro atoms. The maximum absolute atomic E-state index is 13.6. The summed E-state index contributed by atoms with van der Waals surface area (Å²) in [6.45, 7) is -0.402. The number of amides is 2. The Balaban J connectivity index is 1.18. The standard InChI is InChI=1S/C30H24BrNO5/c31-21-11-9-18(10-12-21)25(33)16-37-30(36)19-7-4-8-22(13-19)32-28(34)26-20-14-23(17-5-2-1-3-6-17)24(15-20)27(26)29(32)35/h1-13,20,23-24,26-27H,14-16H2/t20-,23-,24+,26-,27-/m1/s1. The SMILES string of the molecule is O=C(COC(=O)c1cccc(N2C(=O)[C@@H]3[C@H]4C[C@H]([C@H]3C2=O)[C@@H](c2ccccc2)C4)c1)c1ccc(Br)cc1. The average molecular weight is 558 g/mol. The molecule has 1 heterocycles. The van der Waals surface area contributed by atoms with Gasteiger partial charge < -0.3 is 4.74 Å². The summed E-state index contributed by atoms with van der Waals surface area (Å²) in [5, 5.41) is 0. The van der Waals surface area contributed by atoms with E-state index in [9.17, 15) is 19.2 Å². The summed E-state index contributed by atoms with van der Waals surface area (Å²) in [5.74, 6) is -1.35. The Hall–Kier alpha value is -3.58. The van der Waals surface area contributed by atoms with Crippen molar-refractivity contribution in [3.05, 3.63) is 100 Å². The number of ketones is 1. The summed E-state index contributed by atoms with van der Waals surface area (Å²) < 4.78 is 6.08. The van der Waals surface area contributed by atoms with Crippen LogP contribution >= 0.6 is 15.9 Å². The largest absolute Gasteiger partial charge is 0.454 e. The molecule has 0 radical (unpaired) electrons. The van der Waals surface area contributed by atoms with Gasteiger partial charge in [-0.05, 0) is 66.5 Å². The lowest BCUT2D eigenvalue weighted by Crippen LogP contribution is -2.33. The summed E-state index contributed by atoms with van der Waals surface area (Å²) in [5.41, 5.74) is 2.22. The molecule has 186 valence electrons. The van der Waals surface area contributed by atoms with E-state index in [1.807, 2.05) is 18.2 Å². The van der Waals surface area contributed by atoms with Gasteiger partial charge in [0.05, 0.1) is 23.1 Å². The van der Waals surface area contributed by atoms with E-state index in [2.05, 4.69) is 28.1 Å². The van der Waals surface area contributed by atoms with E-state index in [-0.39, 0.29) is 52.8 Å². The lowest BCUT2D eigenvalue weighted by Gasteiger charge is -2.28. The molecule has 2 aliphatic carbocycles. The minimum atomic E-state index is -0.684. The molecule has 7 heteroatoms. The first kappa shape index (κ1) is 23.8. The molecule has 0 unspecified atom stereocenters. The molecular formula is C30H24BrNO5. The first-order valence-electron chi connectivity index (χ1n) is 12.4. The second kappa shape index (κ2) is 9.38. The summed E-state index contributed by atoms with van der Waals surface area (Å²) in [7, 11) is 0. The lowest BCUT2D eigenvalue weighted by molar-refractivity contribution is -0.123. The van der Waals surface area contributed by atoms with Crippen LogP contribution in [0.25, 0.3) is 0 Å². The number of carbonyl (C=O) groups excluding carboxylic acids is 4. The van der Waals surface area contributed by atoms with Gasteiger partial charge in [-0.2, -0.15) is 0 Å². The van der Waals surface area contributed by atoms with Gasteiger partial charge in [-0.1, -0.05) is 64.5 Å². The predicted molar refractivity (Wildman–Crippen MR) is 140 cm³/mol. The molecule has 37 heavy (non-hydrogen) atoms. The van der Waals surface area contributed by atoms with Crippen LogP contribution in [0, 0.1) is 23.7 Å². The fourth-order valence-electron chi connectivity index (χ4n) is 6.50. The van der Waals surface area contributed by atoms with E-state index in [0.29, 0.717) is 11.3 Å². The predicted octanol–water partition coefficient (Wildman–Crippen LogP) is 5.42. The summed E-state index contributed by atoms with van der Waals surface area (Å²) >= 11 is 3.32. The molecule has 3 aliphatic rings. The Labute approximate surface area is 222 Å². The number of rotatable bonds is 6. The molecule has 0 aromatic heterocycles. The molecule has 2 saturated carbocycles. The fourth-order valence-corrected chi connectivity index (χ4v) is 6.77. The Bertz CT molecular complexity index is 1400. The summed E-state index contributed by atoms with van der Waals surface area (Å²) in [6, 6.07) is 23.4. The van der Waals surface area contributed by atoms with Gasteiger partial charge in [0.15, 0.2) is 12.4 Å². The Morgan fingerprint density at radius 1 is 0.838 bits per heavy atom. The minimum Gasteiger partial charge on any atom is -0.454 e. The van der Waals surface area contributed by atoms with Crippen LogP contribution in [0.1, 0.15) is 45.0 Å². The normalized spacial score (nSPS) is 25.9. The monoisotopic (exact) mass is 557 g/mol. The van der Waals surface area contributed by atoms with Crippen LogP contribution in [-0.2, 0) is 14.3 Å². The molecule has 1 saturated heterocycles. The highest BCUT2D eigenvalue weighted by Gasteiger charge is 2.64. The molecule has 3 aromatic rings. The molecule has 5 atom stereocenters. The number of esters is 1. The third-order valence-corrected chi connectivity index (χ3v) is 8.61. The molecule has 1 aliphatic heterocycles. The summed E-state index contributed by atoms with van der Waals surface area (Å²) in [6.07, 6.45) is 1.82. The van der Waals surface area contributed by atoms with Crippen LogP contribution in [0.4, 0.5) is 5.69 Å². The maximum Gasteiger partial charge on any atom is 0.338 e. The van der Waals surface area contributed by atoms with Crippen molar-refractivity contribution in [1.82, 2.24) is 0 Å². The molecular weight excluding hydrogens is 534 g/mol. The van der Waals surface area contributed by atoms with Gasteiger partial charge in [0.25, 0.3) is 0 Å². The second-order valence-corrected chi connectivity index (χ2v) is 10.9. The number of Topliss-reactive ketones (excluding diaryl/α,β-unsaturated/α-hetero) is 1. The van der Waals surface area contributed by atoms with Crippen molar-refractivity contribution in [2.45, 2.75) is 18.8 Å². The van der Waals surface area contributed by atoms with Crippen LogP contribution in [0.5, 0.6) is 0 Å². The molecule has 6 rings (SSSR count). The molecule has 2 bridgehead atoms. The first-order valence-corrected chi connectivity index (χ1v) is 13.2. The smallest absolute Gasteiger partial charge is 0.338 e. The zero-order valence-electron chi connectivity index (χ0n) is 19.9. The number of ether oxygens (including phenoxy) is 1. The molecule has 3 fully saturated rings. The van der Waals surface area contributed by atoms with Crippen LogP contribution in [0.2, 0.25) is 0 Å². The lowest BCUT2D eigenvalue weighted by atomic mass is 9.73. The zero-order chi connectivity index (χ0) is 25.7. The topological polar surface area (TPSA) is 80.8 Å². The van der Waals surface area contributed by atoms with Crippen molar-refractivity contribution in [2.75, 3.05) is 11.5 Å². The van der Waals surface area contributed by atoms with Crippen molar-refractivity contribution in [3.8, 4) is 0 Å². The Morgan fingerprint density at radius 3 is 2.32 bits per heavy atom. The number of benzene rings is 3. The van der Waals surface area contributed by atoms with Gasteiger partial charge in [0, 0.05) is 10.0 Å². The van der Waals surface area contributed by atoms with E-state index >= 15 is 0 Å². The van der Waals surface area contributed by atoms with Crippen molar-refractivity contribution >= 4 is 45.2 Å². The van der Waals surface area contributed by atoms with E-state index in [4.69, 9.17) is 4.74 Å². The van der Waals surface area contributed by atoms with Gasteiger partial charge in [0.2, 0.25) is 11.8 Å². The highest BCUT2D eigenvalue weighted by molar-refractivity contribution is 9.10. The van der Waals surface area contributed by atoms with E-state index in [0.717, 1.165) is 17.3 Å². The molecule has 2 amide bonds.